The number of rotatable bonds is 9. The lowest BCUT2D eigenvalue weighted by Gasteiger charge is -2.37. The van der Waals surface area contributed by atoms with Gasteiger partial charge in [0.1, 0.15) is 5.66 Å². The maximum atomic E-state index is 10.5. The van der Waals surface area contributed by atoms with E-state index in [9.17, 15) is 5.11 Å². The summed E-state index contributed by atoms with van der Waals surface area (Å²) in [6, 6.07) is 8.54. The number of hydrogen-bond donors (Lipinski definition) is 2. The summed E-state index contributed by atoms with van der Waals surface area (Å²) < 4.78 is 0. The molecule has 0 radical (unpaired) electrons. The van der Waals surface area contributed by atoms with E-state index in [0.717, 1.165) is 24.8 Å². The number of nitrogens with zero attached hydrogens (tertiary/aromatic N) is 4. The summed E-state index contributed by atoms with van der Waals surface area (Å²) in [7, 11) is 0. The summed E-state index contributed by atoms with van der Waals surface area (Å²) in [6.45, 7) is 5.34. The second kappa shape index (κ2) is 9.64. The van der Waals surface area contributed by atoms with Gasteiger partial charge < -0.3 is 15.3 Å². The minimum absolute atomic E-state index is 0.113. The average molecular weight is 418 g/mol. The van der Waals surface area contributed by atoms with Crippen LogP contribution in [0.25, 0.3) is 10.4 Å². The molecular weight excluding hydrogens is 386 g/mol. The molecule has 2 unspecified atom stereocenters. The van der Waals surface area contributed by atoms with Gasteiger partial charge in [-0.2, -0.15) is 0 Å². The first-order valence-corrected chi connectivity index (χ1v) is 11.1. The minimum atomic E-state index is -0.385. The Morgan fingerprint density at radius 1 is 1.34 bits per heavy atom. The Morgan fingerprint density at radius 2 is 2.03 bits per heavy atom. The quantitative estimate of drug-likeness (QED) is 0.208. The molecule has 1 fully saturated rings. The highest BCUT2D eigenvalue weighted by Crippen LogP contribution is 2.38. The van der Waals surface area contributed by atoms with E-state index in [2.05, 4.69) is 53.5 Å². The lowest BCUT2D eigenvalue weighted by molar-refractivity contribution is 0.0773. The summed E-state index contributed by atoms with van der Waals surface area (Å²) in [5.41, 5.74) is 10.7. The van der Waals surface area contributed by atoms with Crippen molar-refractivity contribution in [1.29, 1.82) is 0 Å². The number of aliphatic hydroxyl groups is 1. The van der Waals surface area contributed by atoms with E-state index in [1.807, 2.05) is 4.90 Å². The molecule has 1 aromatic rings. The number of halogens is 1. The van der Waals surface area contributed by atoms with E-state index in [1.165, 1.54) is 31.2 Å². The summed E-state index contributed by atoms with van der Waals surface area (Å²) in [4.78, 5) is 4.93. The second-order valence-electron chi connectivity index (χ2n) is 8.53. The zero-order chi connectivity index (χ0) is 20.9. The molecule has 29 heavy (non-hydrogen) atoms. The maximum absolute atomic E-state index is 10.5. The fourth-order valence-corrected chi connectivity index (χ4v) is 5.05. The van der Waals surface area contributed by atoms with Crippen LogP contribution in [0, 0.1) is 5.92 Å². The van der Waals surface area contributed by atoms with Crippen LogP contribution < -0.4 is 5.32 Å². The first kappa shape index (κ1) is 21.7. The molecule has 158 valence electrons. The zero-order valence-corrected chi connectivity index (χ0v) is 18.2. The highest BCUT2D eigenvalue weighted by molar-refractivity contribution is 6.29. The maximum Gasteiger partial charge on any atom is 0.225 e. The van der Waals surface area contributed by atoms with E-state index in [0.29, 0.717) is 24.2 Å². The molecule has 1 aliphatic carbocycles. The molecule has 1 saturated carbocycles. The van der Waals surface area contributed by atoms with Crippen molar-refractivity contribution in [3.63, 3.8) is 0 Å². The fraction of sp³-hybridized carbons (Fsp3) is 0.636. The molecule has 1 aliphatic heterocycles. The Morgan fingerprint density at radius 3 is 2.66 bits per heavy atom. The predicted molar refractivity (Wildman–Crippen MR) is 117 cm³/mol. The van der Waals surface area contributed by atoms with Gasteiger partial charge in [0.15, 0.2) is 5.16 Å². The van der Waals surface area contributed by atoms with Gasteiger partial charge in [-0.05, 0) is 61.1 Å². The number of nitrogens with one attached hydrogen (secondary N) is 1. The van der Waals surface area contributed by atoms with Gasteiger partial charge in [0, 0.05) is 18.0 Å². The molecule has 1 aromatic carbocycles. The molecule has 2 aliphatic rings. The number of benzene rings is 1. The van der Waals surface area contributed by atoms with Crippen molar-refractivity contribution in [3.05, 3.63) is 56.9 Å². The normalized spacial score (nSPS) is 23.2. The fourth-order valence-electron chi connectivity index (χ4n) is 4.74. The summed E-state index contributed by atoms with van der Waals surface area (Å²) in [6.07, 6.45) is 7.99. The molecule has 0 aromatic heterocycles. The monoisotopic (exact) mass is 417 g/mol. The topological polar surface area (TPSA) is 84.3 Å². The van der Waals surface area contributed by atoms with E-state index < -0.39 is 0 Å². The van der Waals surface area contributed by atoms with Crippen LogP contribution in [-0.2, 0) is 6.54 Å². The smallest absolute Gasteiger partial charge is 0.225 e. The molecule has 0 bridgehead atoms. The molecule has 6 nitrogen and oxygen atoms in total. The molecule has 0 amide bonds. The van der Waals surface area contributed by atoms with Crippen molar-refractivity contribution in [2.75, 3.05) is 6.54 Å². The Hall–Kier alpha value is -2.04. The van der Waals surface area contributed by atoms with Crippen molar-refractivity contribution in [3.8, 4) is 0 Å². The van der Waals surface area contributed by atoms with Crippen molar-refractivity contribution in [2.45, 2.75) is 76.9 Å². The van der Waals surface area contributed by atoms with Crippen LogP contribution in [0.3, 0.4) is 0 Å². The third-order valence-electron chi connectivity index (χ3n) is 6.50. The van der Waals surface area contributed by atoms with Gasteiger partial charge in [0.05, 0.1) is 0 Å². The van der Waals surface area contributed by atoms with Crippen molar-refractivity contribution in [2.24, 2.45) is 11.0 Å². The van der Waals surface area contributed by atoms with Crippen molar-refractivity contribution in [1.82, 2.24) is 10.2 Å². The third kappa shape index (κ3) is 4.93. The molecule has 1 heterocycles. The van der Waals surface area contributed by atoms with Crippen molar-refractivity contribution < 1.29 is 5.11 Å². The zero-order valence-electron chi connectivity index (χ0n) is 17.4. The van der Waals surface area contributed by atoms with Gasteiger partial charge in [0.25, 0.3) is 0 Å². The Balaban J connectivity index is 1.75. The Kier molecular flexibility index (Phi) is 7.20. The first-order chi connectivity index (χ1) is 14.0. The molecule has 3 rings (SSSR count). The number of aliphatic hydroxyl groups excluding tert-OH is 1. The van der Waals surface area contributed by atoms with Crippen LogP contribution in [0.15, 0.2) is 40.4 Å². The highest BCUT2D eigenvalue weighted by Gasteiger charge is 2.40. The molecule has 2 N–H and O–H groups in total. The molecule has 7 heteroatoms. The standard InChI is InChI=1S/C22H32ClN5O/c1-3-4-13-22(2)26-20(23)21(29)28(22)15-16-9-11-18(12-10-16)19(14-25-27-24)17-7-5-6-8-17/h9-12,17,19,26,29H,3-8,13-15H2,1-2H3. The van der Waals surface area contributed by atoms with E-state index in [1.54, 1.807) is 0 Å². The summed E-state index contributed by atoms with van der Waals surface area (Å²) in [5, 5.41) is 17.9. The third-order valence-corrected chi connectivity index (χ3v) is 6.77. The van der Waals surface area contributed by atoms with Gasteiger partial charge >= 0.3 is 0 Å². The molecule has 0 saturated heterocycles. The predicted octanol–water partition coefficient (Wildman–Crippen LogP) is 6.51. The highest BCUT2D eigenvalue weighted by atomic mass is 35.5. The lowest BCUT2D eigenvalue weighted by Crippen LogP contribution is -2.49. The lowest BCUT2D eigenvalue weighted by atomic mass is 9.84. The summed E-state index contributed by atoms with van der Waals surface area (Å²) >= 11 is 6.21. The second-order valence-corrected chi connectivity index (χ2v) is 8.91. The van der Waals surface area contributed by atoms with Gasteiger partial charge in [-0.1, -0.05) is 67.2 Å². The van der Waals surface area contributed by atoms with Crippen LogP contribution in [0.4, 0.5) is 0 Å². The van der Waals surface area contributed by atoms with Crippen LogP contribution >= 0.6 is 11.6 Å². The van der Waals surface area contributed by atoms with Crippen molar-refractivity contribution >= 4 is 11.6 Å². The molecule has 0 spiro atoms. The van der Waals surface area contributed by atoms with Crippen LogP contribution in [0.1, 0.15) is 75.8 Å². The average Bonchev–Trinajstić information content (AvgIpc) is 3.32. The van der Waals surface area contributed by atoms with E-state index >= 15 is 0 Å². The van der Waals surface area contributed by atoms with Crippen LogP contribution in [0.2, 0.25) is 0 Å². The van der Waals surface area contributed by atoms with Crippen LogP contribution in [0.5, 0.6) is 0 Å². The number of hydrogen-bond acceptors (Lipinski definition) is 4. The first-order valence-electron chi connectivity index (χ1n) is 10.7. The summed E-state index contributed by atoms with van der Waals surface area (Å²) in [5.74, 6) is 0.993. The number of azide groups is 1. The largest absolute Gasteiger partial charge is 0.493 e. The van der Waals surface area contributed by atoms with E-state index in [-0.39, 0.29) is 17.5 Å². The van der Waals surface area contributed by atoms with E-state index in [4.69, 9.17) is 17.1 Å². The van der Waals surface area contributed by atoms with Gasteiger partial charge in [-0.25, -0.2) is 0 Å². The Labute approximate surface area is 178 Å². The SMILES string of the molecule is CCCCC1(C)NC(Cl)=C(O)N1Cc1ccc(C(CN=[N+]=[N-])C2CCCC2)cc1. The van der Waals surface area contributed by atoms with Gasteiger partial charge in [-0.3, -0.25) is 0 Å². The minimum Gasteiger partial charge on any atom is -0.493 e. The van der Waals surface area contributed by atoms with Gasteiger partial charge in [-0.15, -0.1) is 0 Å². The number of unbranched alkanes of at least 4 members (excludes halogenated alkanes) is 1. The van der Waals surface area contributed by atoms with Crippen LogP contribution in [-0.4, -0.2) is 22.2 Å². The molecule has 2 atom stereocenters. The van der Waals surface area contributed by atoms with Gasteiger partial charge in [0.2, 0.25) is 5.88 Å². The molecular formula is C22H32ClN5O. The Bertz CT molecular complexity index is 768.